The van der Waals surface area contributed by atoms with Crippen LogP contribution in [0, 0.1) is 0 Å². The predicted molar refractivity (Wildman–Crippen MR) is 68.9 cm³/mol. The zero-order valence-corrected chi connectivity index (χ0v) is 11.0. The maximum atomic E-state index is 12.0. The van der Waals surface area contributed by atoms with E-state index in [9.17, 15) is 4.79 Å². The van der Waals surface area contributed by atoms with E-state index in [1.54, 1.807) is 11.1 Å². The fourth-order valence-electron chi connectivity index (χ4n) is 1.45. The van der Waals surface area contributed by atoms with Crippen LogP contribution in [-0.4, -0.2) is 45.8 Å². The van der Waals surface area contributed by atoms with Crippen LogP contribution in [0.3, 0.4) is 0 Å². The van der Waals surface area contributed by atoms with Crippen molar-refractivity contribution in [3.05, 3.63) is 24.4 Å². The Morgan fingerprint density at radius 2 is 2.35 bits per heavy atom. The minimum Gasteiger partial charge on any atom is -0.395 e. The van der Waals surface area contributed by atoms with Crippen molar-refractivity contribution in [3.63, 3.8) is 0 Å². The molecule has 1 N–H and O–H groups in total. The first-order valence-corrected chi connectivity index (χ1v) is 6.54. The Morgan fingerprint density at radius 3 is 2.88 bits per heavy atom. The second-order valence-electron chi connectivity index (χ2n) is 3.57. The third-order valence-corrected chi connectivity index (χ3v) is 3.38. The average molecular weight is 254 g/mol. The summed E-state index contributed by atoms with van der Waals surface area (Å²) in [5.41, 5.74) is 0. The first-order valence-electron chi connectivity index (χ1n) is 5.66. The molecule has 0 bridgehead atoms. The second kappa shape index (κ2) is 7.29. The zero-order chi connectivity index (χ0) is 12.7. The minimum absolute atomic E-state index is 0.000549. The molecule has 0 spiro atoms. The van der Waals surface area contributed by atoms with Crippen LogP contribution in [-0.2, 0) is 4.79 Å². The van der Waals surface area contributed by atoms with Gasteiger partial charge >= 0.3 is 0 Å². The first-order chi connectivity index (χ1) is 8.19. The number of carbonyl (C=O) groups excluding carboxylic acids is 1. The number of aromatic nitrogens is 1. The number of hydrogen-bond acceptors (Lipinski definition) is 4. The SMILES string of the molecule is CCN(CCO)C(=O)C(C)Sc1ccccn1. The van der Waals surface area contributed by atoms with E-state index in [2.05, 4.69) is 4.98 Å². The van der Waals surface area contributed by atoms with Gasteiger partial charge in [0.2, 0.25) is 5.91 Å². The van der Waals surface area contributed by atoms with E-state index in [-0.39, 0.29) is 17.8 Å². The molecule has 1 heterocycles. The van der Waals surface area contributed by atoms with Crippen molar-refractivity contribution in [2.45, 2.75) is 24.1 Å². The zero-order valence-electron chi connectivity index (χ0n) is 10.2. The molecular formula is C12H18N2O2S. The van der Waals surface area contributed by atoms with Gasteiger partial charge in [0.1, 0.15) is 0 Å². The van der Waals surface area contributed by atoms with Crippen LogP contribution in [0.1, 0.15) is 13.8 Å². The molecule has 1 aromatic heterocycles. The summed E-state index contributed by atoms with van der Waals surface area (Å²) in [4.78, 5) is 17.9. The van der Waals surface area contributed by atoms with Gasteiger partial charge < -0.3 is 10.0 Å². The van der Waals surface area contributed by atoms with Gasteiger partial charge in [-0.25, -0.2) is 4.98 Å². The van der Waals surface area contributed by atoms with Gasteiger partial charge in [0.25, 0.3) is 0 Å². The lowest BCUT2D eigenvalue weighted by Gasteiger charge is -2.23. The number of nitrogens with zero attached hydrogens (tertiary/aromatic N) is 2. The molecule has 0 aliphatic rings. The van der Waals surface area contributed by atoms with Crippen LogP contribution in [0.2, 0.25) is 0 Å². The molecule has 0 aliphatic heterocycles. The maximum Gasteiger partial charge on any atom is 0.235 e. The van der Waals surface area contributed by atoms with E-state index in [1.807, 2.05) is 32.0 Å². The van der Waals surface area contributed by atoms with Gasteiger partial charge in [0.05, 0.1) is 16.9 Å². The van der Waals surface area contributed by atoms with Gasteiger partial charge in [-0.05, 0) is 26.0 Å². The van der Waals surface area contributed by atoms with Crippen LogP contribution in [0.4, 0.5) is 0 Å². The summed E-state index contributed by atoms with van der Waals surface area (Å²) in [7, 11) is 0. The Bertz CT molecular complexity index is 346. The summed E-state index contributed by atoms with van der Waals surface area (Å²) in [5, 5.41) is 9.53. The molecular weight excluding hydrogens is 236 g/mol. The van der Waals surface area contributed by atoms with E-state index in [4.69, 9.17) is 5.11 Å². The lowest BCUT2D eigenvalue weighted by molar-refractivity contribution is -0.130. The lowest BCUT2D eigenvalue weighted by Crippen LogP contribution is -2.38. The van der Waals surface area contributed by atoms with Crippen molar-refractivity contribution >= 4 is 17.7 Å². The van der Waals surface area contributed by atoms with Gasteiger partial charge in [0, 0.05) is 19.3 Å². The van der Waals surface area contributed by atoms with Crippen molar-refractivity contribution in [3.8, 4) is 0 Å². The Hall–Kier alpha value is -1.07. The Kier molecular flexibility index (Phi) is 6.00. The van der Waals surface area contributed by atoms with E-state index in [0.717, 1.165) is 5.03 Å². The highest BCUT2D eigenvalue weighted by Crippen LogP contribution is 2.21. The Labute approximate surface area is 106 Å². The molecule has 1 amide bonds. The first kappa shape index (κ1) is 14.0. The average Bonchev–Trinajstić information content (AvgIpc) is 2.36. The number of likely N-dealkylation sites (N-methyl/N-ethyl adjacent to an activating group) is 1. The monoisotopic (exact) mass is 254 g/mol. The molecule has 0 saturated heterocycles. The molecule has 0 fully saturated rings. The minimum atomic E-state index is -0.184. The molecule has 94 valence electrons. The van der Waals surface area contributed by atoms with E-state index < -0.39 is 0 Å². The highest BCUT2D eigenvalue weighted by molar-refractivity contribution is 8.00. The lowest BCUT2D eigenvalue weighted by atomic mass is 10.3. The van der Waals surface area contributed by atoms with Gasteiger partial charge in [-0.3, -0.25) is 4.79 Å². The van der Waals surface area contributed by atoms with E-state index in [1.165, 1.54) is 11.8 Å². The molecule has 1 atom stereocenters. The number of thioether (sulfide) groups is 1. The predicted octanol–water partition coefficient (Wildman–Crippen LogP) is 1.40. The number of pyridine rings is 1. The third kappa shape index (κ3) is 4.36. The highest BCUT2D eigenvalue weighted by Gasteiger charge is 2.20. The van der Waals surface area contributed by atoms with Crippen molar-refractivity contribution in [1.82, 2.24) is 9.88 Å². The summed E-state index contributed by atoms with van der Waals surface area (Å²) in [6.45, 7) is 4.78. The molecule has 0 saturated carbocycles. The standard InChI is InChI=1S/C12H18N2O2S/c1-3-14(8-9-15)12(16)10(2)17-11-6-4-5-7-13-11/h4-7,10,15H,3,8-9H2,1-2H3. The van der Waals surface area contributed by atoms with Gasteiger partial charge in [-0.15, -0.1) is 0 Å². The van der Waals surface area contributed by atoms with Crippen LogP contribution in [0.5, 0.6) is 0 Å². The number of hydrogen-bond donors (Lipinski definition) is 1. The van der Waals surface area contributed by atoms with Crippen LogP contribution < -0.4 is 0 Å². The summed E-state index contributed by atoms with van der Waals surface area (Å²) in [6, 6.07) is 5.63. The summed E-state index contributed by atoms with van der Waals surface area (Å²) < 4.78 is 0. The molecule has 1 rings (SSSR count). The fourth-order valence-corrected chi connectivity index (χ4v) is 2.34. The van der Waals surface area contributed by atoms with Gasteiger partial charge in [0.15, 0.2) is 0 Å². The van der Waals surface area contributed by atoms with Gasteiger partial charge in [-0.1, -0.05) is 17.8 Å². The number of aliphatic hydroxyl groups excluding tert-OH is 1. The topological polar surface area (TPSA) is 53.4 Å². The molecule has 1 aromatic rings. The van der Waals surface area contributed by atoms with Crippen LogP contribution in [0.25, 0.3) is 0 Å². The molecule has 0 aromatic carbocycles. The molecule has 0 aliphatic carbocycles. The third-order valence-electron chi connectivity index (χ3n) is 2.35. The molecule has 0 radical (unpaired) electrons. The maximum absolute atomic E-state index is 12.0. The summed E-state index contributed by atoms with van der Waals surface area (Å²) in [6.07, 6.45) is 1.71. The number of aliphatic hydroxyl groups is 1. The normalized spacial score (nSPS) is 12.2. The van der Waals surface area contributed by atoms with E-state index in [0.29, 0.717) is 13.1 Å². The van der Waals surface area contributed by atoms with Crippen LogP contribution in [0.15, 0.2) is 29.4 Å². The Balaban J connectivity index is 2.57. The molecule has 5 heteroatoms. The van der Waals surface area contributed by atoms with Crippen LogP contribution >= 0.6 is 11.8 Å². The molecule has 4 nitrogen and oxygen atoms in total. The summed E-state index contributed by atoms with van der Waals surface area (Å²) >= 11 is 1.44. The Morgan fingerprint density at radius 1 is 1.59 bits per heavy atom. The molecule has 1 unspecified atom stereocenters. The van der Waals surface area contributed by atoms with Gasteiger partial charge in [-0.2, -0.15) is 0 Å². The number of amides is 1. The largest absolute Gasteiger partial charge is 0.395 e. The highest BCUT2D eigenvalue weighted by atomic mass is 32.2. The number of carbonyl (C=O) groups is 1. The number of rotatable bonds is 6. The smallest absolute Gasteiger partial charge is 0.235 e. The van der Waals surface area contributed by atoms with Crippen molar-refractivity contribution in [2.24, 2.45) is 0 Å². The second-order valence-corrected chi connectivity index (χ2v) is 4.93. The summed E-state index contributed by atoms with van der Waals surface area (Å²) in [5.74, 6) is 0.0391. The van der Waals surface area contributed by atoms with Crippen molar-refractivity contribution < 1.29 is 9.90 Å². The van der Waals surface area contributed by atoms with E-state index >= 15 is 0 Å². The van der Waals surface area contributed by atoms with Crippen molar-refractivity contribution in [2.75, 3.05) is 19.7 Å². The van der Waals surface area contributed by atoms with Crippen molar-refractivity contribution in [1.29, 1.82) is 0 Å². The fraction of sp³-hybridized carbons (Fsp3) is 0.500. The quantitative estimate of drug-likeness (QED) is 0.780. The molecule has 17 heavy (non-hydrogen) atoms.